The molecule has 2 fully saturated rings. The molecule has 1 N–H and O–H groups in total. The van der Waals surface area contributed by atoms with Crippen LogP contribution in [0.3, 0.4) is 0 Å². The molecule has 3 atom stereocenters. The Hall–Kier alpha value is -2.83. The molecular weight excluding hydrogens is 379 g/mol. The summed E-state index contributed by atoms with van der Waals surface area (Å²) >= 11 is 0. The number of likely N-dealkylation sites (tertiary alicyclic amines) is 1. The molecule has 3 aromatic rings. The van der Waals surface area contributed by atoms with E-state index >= 15 is 0 Å². The van der Waals surface area contributed by atoms with Crippen LogP contribution in [0.5, 0.6) is 0 Å². The summed E-state index contributed by atoms with van der Waals surface area (Å²) in [5.74, 6) is 0.425. The number of carbonyl (C=O) groups excluding carboxylic acids is 1. The maximum Gasteiger partial charge on any atom is 0.416 e. The molecular formula is C22H20F3N3O. The first-order chi connectivity index (χ1) is 13.9. The Balaban J connectivity index is 1.34. The number of fused-ring (bicyclic) bond motifs is 1. The first kappa shape index (κ1) is 18.2. The second-order valence-corrected chi connectivity index (χ2v) is 7.90. The quantitative estimate of drug-likeness (QED) is 0.670. The van der Waals surface area contributed by atoms with Gasteiger partial charge in [0.05, 0.1) is 22.6 Å². The lowest BCUT2D eigenvalue weighted by molar-refractivity contribution is -0.137. The van der Waals surface area contributed by atoms with Crippen molar-refractivity contribution in [1.82, 2.24) is 14.9 Å². The number of para-hydroxylation sites is 2. The third kappa shape index (κ3) is 3.28. The number of hydrogen-bond acceptors (Lipinski definition) is 2. The number of alkyl halides is 3. The van der Waals surface area contributed by atoms with Gasteiger partial charge < -0.3 is 9.88 Å². The molecule has 1 aliphatic heterocycles. The van der Waals surface area contributed by atoms with Crippen LogP contribution in [0.15, 0.2) is 48.5 Å². The van der Waals surface area contributed by atoms with Gasteiger partial charge in [0.15, 0.2) is 0 Å². The Morgan fingerprint density at radius 2 is 1.97 bits per heavy atom. The molecule has 0 radical (unpaired) electrons. The molecule has 29 heavy (non-hydrogen) atoms. The van der Waals surface area contributed by atoms with Gasteiger partial charge in [-0.3, -0.25) is 4.79 Å². The van der Waals surface area contributed by atoms with Crippen LogP contribution in [-0.4, -0.2) is 27.3 Å². The predicted molar refractivity (Wildman–Crippen MR) is 102 cm³/mol. The van der Waals surface area contributed by atoms with Crippen LogP contribution in [0, 0.1) is 5.92 Å². The molecule has 2 aliphatic rings. The lowest BCUT2D eigenvalue weighted by Gasteiger charge is -2.23. The Morgan fingerprint density at radius 3 is 2.76 bits per heavy atom. The van der Waals surface area contributed by atoms with Crippen LogP contribution in [0.1, 0.15) is 48.2 Å². The summed E-state index contributed by atoms with van der Waals surface area (Å²) in [5.41, 5.74) is 1.75. The first-order valence-corrected chi connectivity index (χ1v) is 9.84. The van der Waals surface area contributed by atoms with Gasteiger partial charge >= 0.3 is 6.18 Å². The number of nitrogens with zero attached hydrogens (tertiary/aromatic N) is 2. The van der Waals surface area contributed by atoms with Gasteiger partial charge in [0.2, 0.25) is 5.91 Å². The lowest BCUT2D eigenvalue weighted by atomic mass is 10.0. The van der Waals surface area contributed by atoms with Crippen molar-refractivity contribution < 1.29 is 18.0 Å². The van der Waals surface area contributed by atoms with Gasteiger partial charge in [-0.25, -0.2) is 4.98 Å². The normalized spacial score (nSPS) is 24.2. The molecule has 0 spiro atoms. The van der Waals surface area contributed by atoms with E-state index in [9.17, 15) is 18.0 Å². The number of aromatic amines is 1. The number of benzene rings is 2. The zero-order chi connectivity index (χ0) is 20.2. The Bertz CT molecular complexity index is 1040. The second kappa shape index (κ2) is 6.61. The SMILES string of the molecule is O=C(C1CC1c1cccc(C(F)(F)F)c1)N1CCCC1c1nc2ccccc2[nH]1. The van der Waals surface area contributed by atoms with Gasteiger partial charge in [0.25, 0.3) is 0 Å². The van der Waals surface area contributed by atoms with Gasteiger partial charge in [-0.15, -0.1) is 0 Å². The van der Waals surface area contributed by atoms with Crippen molar-refractivity contribution in [3.05, 3.63) is 65.5 Å². The van der Waals surface area contributed by atoms with Crippen LogP contribution in [0.25, 0.3) is 11.0 Å². The van der Waals surface area contributed by atoms with Crippen LogP contribution in [-0.2, 0) is 11.0 Å². The molecule has 1 saturated heterocycles. The molecule has 4 nitrogen and oxygen atoms in total. The summed E-state index contributed by atoms with van der Waals surface area (Å²) in [4.78, 5) is 23.0. The van der Waals surface area contributed by atoms with Gasteiger partial charge in [-0.05, 0) is 48.9 Å². The Kier molecular flexibility index (Phi) is 4.15. The average molecular weight is 399 g/mol. The highest BCUT2D eigenvalue weighted by molar-refractivity contribution is 5.84. The fourth-order valence-electron chi connectivity index (χ4n) is 4.44. The number of hydrogen-bond donors (Lipinski definition) is 1. The smallest absolute Gasteiger partial charge is 0.340 e. The number of H-pyrrole nitrogens is 1. The topological polar surface area (TPSA) is 49.0 Å². The summed E-state index contributed by atoms with van der Waals surface area (Å²) in [5, 5.41) is 0. The zero-order valence-corrected chi connectivity index (χ0v) is 15.6. The highest BCUT2D eigenvalue weighted by Crippen LogP contribution is 2.50. The van der Waals surface area contributed by atoms with E-state index in [1.54, 1.807) is 6.07 Å². The van der Waals surface area contributed by atoms with Gasteiger partial charge in [-0.1, -0.05) is 30.3 Å². The summed E-state index contributed by atoms with van der Waals surface area (Å²) in [7, 11) is 0. The second-order valence-electron chi connectivity index (χ2n) is 7.90. The molecule has 1 saturated carbocycles. The number of amides is 1. The lowest BCUT2D eigenvalue weighted by Crippen LogP contribution is -2.32. The monoisotopic (exact) mass is 399 g/mol. The van der Waals surface area contributed by atoms with Crippen molar-refractivity contribution in [2.24, 2.45) is 5.92 Å². The van der Waals surface area contributed by atoms with Crippen LogP contribution in [0.4, 0.5) is 13.2 Å². The van der Waals surface area contributed by atoms with Crippen molar-refractivity contribution in [2.75, 3.05) is 6.54 Å². The number of aromatic nitrogens is 2. The Labute approximate surface area is 165 Å². The summed E-state index contributed by atoms with van der Waals surface area (Å²) in [6, 6.07) is 13.0. The van der Waals surface area contributed by atoms with E-state index in [0.29, 0.717) is 18.5 Å². The summed E-state index contributed by atoms with van der Waals surface area (Å²) in [6.45, 7) is 0.659. The molecule has 3 unspecified atom stereocenters. The molecule has 150 valence electrons. The number of imidazole rings is 1. The van der Waals surface area contributed by atoms with E-state index in [1.165, 1.54) is 12.1 Å². The fourth-order valence-corrected chi connectivity index (χ4v) is 4.44. The van der Waals surface area contributed by atoms with Crippen LogP contribution >= 0.6 is 0 Å². The van der Waals surface area contributed by atoms with Gasteiger partial charge in [-0.2, -0.15) is 13.2 Å². The molecule has 1 amide bonds. The van der Waals surface area contributed by atoms with Crippen LogP contribution < -0.4 is 0 Å². The third-order valence-corrected chi connectivity index (χ3v) is 6.01. The fraction of sp³-hybridized carbons (Fsp3) is 0.364. The largest absolute Gasteiger partial charge is 0.416 e. The highest BCUT2D eigenvalue weighted by atomic mass is 19.4. The van der Waals surface area contributed by atoms with E-state index in [4.69, 9.17) is 0 Å². The van der Waals surface area contributed by atoms with Crippen LogP contribution in [0.2, 0.25) is 0 Å². The van der Waals surface area contributed by atoms with Gasteiger partial charge in [0, 0.05) is 12.5 Å². The first-order valence-electron chi connectivity index (χ1n) is 9.84. The Morgan fingerprint density at radius 1 is 1.14 bits per heavy atom. The van der Waals surface area contributed by atoms with Crippen molar-refractivity contribution in [1.29, 1.82) is 0 Å². The van der Waals surface area contributed by atoms with Crippen molar-refractivity contribution >= 4 is 16.9 Å². The number of carbonyl (C=O) groups is 1. The minimum Gasteiger partial charge on any atom is -0.340 e. The summed E-state index contributed by atoms with van der Waals surface area (Å²) < 4.78 is 39.0. The predicted octanol–water partition coefficient (Wildman–Crippen LogP) is 5.05. The van der Waals surface area contributed by atoms with Gasteiger partial charge in [0.1, 0.15) is 5.82 Å². The summed E-state index contributed by atoms with van der Waals surface area (Å²) in [6.07, 6.45) is -2.03. The maximum absolute atomic E-state index is 13.1. The molecule has 2 heterocycles. The molecule has 1 aromatic heterocycles. The molecule has 0 bridgehead atoms. The molecule has 2 aromatic carbocycles. The number of rotatable bonds is 3. The maximum atomic E-state index is 13.1. The molecule has 7 heteroatoms. The van der Waals surface area contributed by atoms with Crippen molar-refractivity contribution in [3.63, 3.8) is 0 Å². The number of halogens is 3. The van der Waals surface area contributed by atoms with Crippen molar-refractivity contribution in [2.45, 2.75) is 37.4 Å². The highest BCUT2D eigenvalue weighted by Gasteiger charge is 2.48. The molecule has 5 rings (SSSR count). The van der Waals surface area contributed by atoms with Crippen molar-refractivity contribution in [3.8, 4) is 0 Å². The van der Waals surface area contributed by atoms with E-state index in [1.807, 2.05) is 29.2 Å². The number of nitrogens with one attached hydrogen (secondary N) is 1. The van der Waals surface area contributed by atoms with E-state index in [-0.39, 0.29) is 23.8 Å². The zero-order valence-electron chi connectivity index (χ0n) is 15.6. The minimum absolute atomic E-state index is 0.0235. The standard InChI is InChI=1S/C22H20F3N3O/c23-22(24,25)14-6-3-5-13(11-14)15-12-16(15)21(29)28-10-4-9-19(28)20-26-17-7-1-2-8-18(17)27-20/h1-3,5-8,11,15-16,19H,4,9-10,12H2,(H,26,27). The van der Waals surface area contributed by atoms with E-state index in [0.717, 1.165) is 35.8 Å². The third-order valence-electron chi connectivity index (χ3n) is 6.01. The molecule has 1 aliphatic carbocycles. The average Bonchev–Trinajstić information content (AvgIpc) is 3.15. The van der Waals surface area contributed by atoms with E-state index in [2.05, 4.69) is 9.97 Å². The minimum atomic E-state index is -4.37. The van der Waals surface area contributed by atoms with E-state index < -0.39 is 11.7 Å².